The van der Waals surface area contributed by atoms with Crippen LogP contribution in [-0.2, 0) is 30.7 Å². The monoisotopic (exact) mass is 542 g/mol. The first-order valence-corrected chi connectivity index (χ1v) is 14.6. The molecule has 0 saturated heterocycles. The maximum Gasteiger partial charge on any atom is 0.251 e. The summed E-state index contributed by atoms with van der Waals surface area (Å²) in [4.78, 5) is 15.7. The summed E-state index contributed by atoms with van der Waals surface area (Å²) in [7, 11) is 0. The van der Waals surface area contributed by atoms with Gasteiger partial charge in [-0.15, -0.1) is 0 Å². The Hall–Kier alpha value is -3.35. The van der Waals surface area contributed by atoms with Crippen LogP contribution in [-0.4, -0.2) is 49.8 Å². The van der Waals surface area contributed by atoms with Crippen molar-refractivity contribution < 1.29 is 19.0 Å². The molecule has 2 aliphatic rings. The Balaban J connectivity index is 1.30. The highest BCUT2D eigenvalue weighted by Gasteiger charge is 2.19. The van der Waals surface area contributed by atoms with E-state index in [1.807, 2.05) is 30.3 Å². The highest BCUT2D eigenvalue weighted by atomic mass is 16.5. The van der Waals surface area contributed by atoms with Crippen molar-refractivity contribution in [3.05, 3.63) is 94.0 Å². The van der Waals surface area contributed by atoms with Gasteiger partial charge in [0, 0.05) is 38.0 Å². The topological polar surface area (TPSA) is 60.0 Å². The molecule has 1 N–H and O–H groups in total. The van der Waals surface area contributed by atoms with Crippen LogP contribution in [0.1, 0.15) is 65.4 Å². The molecule has 1 atom stereocenters. The van der Waals surface area contributed by atoms with Crippen molar-refractivity contribution >= 4 is 5.91 Å². The summed E-state index contributed by atoms with van der Waals surface area (Å²) >= 11 is 0. The number of fused-ring (bicyclic) bond motifs is 4. The minimum Gasteiger partial charge on any atom is -0.491 e. The van der Waals surface area contributed by atoms with Gasteiger partial charge in [-0.3, -0.25) is 9.69 Å². The third-order valence-electron chi connectivity index (χ3n) is 7.59. The Morgan fingerprint density at radius 3 is 2.70 bits per heavy atom. The van der Waals surface area contributed by atoms with Crippen LogP contribution in [0.15, 0.2) is 60.7 Å². The fourth-order valence-electron chi connectivity index (χ4n) is 5.40. The summed E-state index contributed by atoms with van der Waals surface area (Å²) in [5.41, 5.74) is 6.43. The molecular formula is C34H42N2O4. The molecule has 3 aromatic carbocycles. The molecule has 0 aromatic heterocycles. The van der Waals surface area contributed by atoms with E-state index in [9.17, 15) is 4.79 Å². The lowest BCUT2D eigenvalue weighted by Crippen LogP contribution is -2.29. The minimum absolute atomic E-state index is 0.0924. The van der Waals surface area contributed by atoms with Crippen molar-refractivity contribution in [1.29, 1.82) is 0 Å². The van der Waals surface area contributed by atoms with Gasteiger partial charge in [0.25, 0.3) is 5.91 Å². The van der Waals surface area contributed by atoms with E-state index in [1.165, 1.54) is 23.1 Å². The van der Waals surface area contributed by atoms with Crippen molar-refractivity contribution in [2.24, 2.45) is 5.92 Å². The molecule has 2 bridgehead atoms. The lowest BCUT2D eigenvalue weighted by molar-refractivity contribution is 0.0764. The number of ether oxygens (including phenoxy) is 3. The lowest BCUT2D eigenvalue weighted by Gasteiger charge is -2.24. The number of amides is 1. The Morgan fingerprint density at radius 2 is 1.82 bits per heavy atom. The molecule has 2 heterocycles. The standard InChI is InChI=1S/C34H42N2O4/c1-24(2)11-12-36-13-14-38-15-16-39-32-10-8-29(21-31(32)19-26-5-4-6-28(18-26)23-36)34(37)35-22-27-7-9-33-30(20-27)17-25(3)40-33/h4-10,18,20-21,24-25H,11-17,19,22-23H2,1-3H3,(H,35,37). The molecule has 2 aliphatic heterocycles. The zero-order chi connectivity index (χ0) is 27.9. The predicted molar refractivity (Wildman–Crippen MR) is 158 cm³/mol. The van der Waals surface area contributed by atoms with Crippen molar-refractivity contribution in [1.82, 2.24) is 10.2 Å². The number of carbonyl (C=O) groups excluding carboxylic acids is 1. The lowest BCUT2D eigenvalue weighted by atomic mass is 9.99. The molecule has 0 fully saturated rings. The van der Waals surface area contributed by atoms with Crippen LogP contribution in [0.2, 0.25) is 0 Å². The van der Waals surface area contributed by atoms with E-state index < -0.39 is 0 Å². The van der Waals surface area contributed by atoms with Gasteiger partial charge in [-0.1, -0.05) is 50.2 Å². The van der Waals surface area contributed by atoms with E-state index in [1.54, 1.807) is 0 Å². The summed E-state index contributed by atoms with van der Waals surface area (Å²) in [6.07, 6.45) is 2.98. The second-order valence-electron chi connectivity index (χ2n) is 11.5. The molecule has 212 valence electrons. The van der Waals surface area contributed by atoms with Crippen LogP contribution in [0, 0.1) is 5.92 Å². The summed E-state index contributed by atoms with van der Waals surface area (Å²) < 4.78 is 17.9. The quantitative estimate of drug-likeness (QED) is 0.427. The summed E-state index contributed by atoms with van der Waals surface area (Å²) in [6.45, 7) is 11.7. The highest BCUT2D eigenvalue weighted by Crippen LogP contribution is 2.29. The molecule has 40 heavy (non-hydrogen) atoms. The van der Waals surface area contributed by atoms with Crippen LogP contribution in [0.3, 0.4) is 0 Å². The van der Waals surface area contributed by atoms with Crippen molar-refractivity contribution in [3.8, 4) is 11.5 Å². The first-order valence-electron chi connectivity index (χ1n) is 14.6. The number of benzene rings is 3. The molecule has 0 saturated carbocycles. The van der Waals surface area contributed by atoms with Crippen molar-refractivity contribution in [2.45, 2.75) is 59.2 Å². The Kier molecular flexibility index (Phi) is 9.40. The van der Waals surface area contributed by atoms with E-state index in [0.29, 0.717) is 44.3 Å². The fourth-order valence-corrected chi connectivity index (χ4v) is 5.40. The second-order valence-corrected chi connectivity index (χ2v) is 11.5. The Morgan fingerprint density at radius 1 is 0.975 bits per heavy atom. The van der Waals surface area contributed by atoms with Gasteiger partial charge in [0.15, 0.2) is 0 Å². The molecule has 6 nitrogen and oxygen atoms in total. The largest absolute Gasteiger partial charge is 0.491 e. The zero-order valence-corrected chi connectivity index (χ0v) is 24.1. The van der Waals surface area contributed by atoms with E-state index in [-0.39, 0.29) is 12.0 Å². The average molecular weight is 543 g/mol. The smallest absolute Gasteiger partial charge is 0.251 e. The van der Waals surface area contributed by atoms with Gasteiger partial charge in [0.05, 0.1) is 13.2 Å². The normalized spacial score (nSPS) is 17.8. The van der Waals surface area contributed by atoms with E-state index >= 15 is 0 Å². The SMILES string of the molecule is CC(C)CCN1CCOCCOc2ccc(C(=O)NCc3ccc4c(c3)CC(C)O4)cc2Cc2cccc(c2)C1. The molecule has 5 rings (SSSR count). The molecule has 0 radical (unpaired) electrons. The minimum atomic E-state index is -0.0924. The van der Waals surface area contributed by atoms with Gasteiger partial charge in [-0.25, -0.2) is 0 Å². The molecule has 6 heteroatoms. The highest BCUT2D eigenvalue weighted by molar-refractivity contribution is 5.94. The maximum atomic E-state index is 13.2. The number of hydrogen-bond donors (Lipinski definition) is 1. The molecule has 1 unspecified atom stereocenters. The number of hydrogen-bond acceptors (Lipinski definition) is 5. The van der Waals surface area contributed by atoms with Crippen LogP contribution < -0.4 is 14.8 Å². The molecule has 1 amide bonds. The van der Waals surface area contributed by atoms with E-state index in [0.717, 1.165) is 48.7 Å². The Labute approximate surface area is 238 Å². The van der Waals surface area contributed by atoms with Gasteiger partial charge >= 0.3 is 0 Å². The Bertz CT molecular complexity index is 1300. The summed E-state index contributed by atoms with van der Waals surface area (Å²) in [5, 5.41) is 3.09. The first kappa shape index (κ1) is 28.2. The third kappa shape index (κ3) is 7.64. The van der Waals surface area contributed by atoms with E-state index in [2.05, 4.69) is 61.3 Å². The second kappa shape index (κ2) is 13.3. The van der Waals surface area contributed by atoms with Crippen LogP contribution in [0.5, 0.6) is 11.5 Å². The van der Waals surface area contributed by atoms with Crippen LogP contribution >= 0.6 is 0 Å². The van der Waals surface area contributed by atoms with Crippen molar-refractivity contribution in [2.75, 3.05) is 32.9 Å². The summed E-state index contributed by atoms with van der Waals surface area (Å²) in [6, 6.07) is 20.7. The van der Waals surface area contributed by atoms with E-state index in [4.69, 9.17) is 14.2 Å². The predicted octanol–water partition coefficient (Wildman–Crippen LogP) is 5.79. The molecule has 0 aliphatic carbocycles. The number of nitrogens with zero attached hydrogens (tertiary/aromatic N) is 1. The maximum absolute atomic E-state index is 13.2. The average Bonchev–Trinajstić information content (AvgIpc) is 3.31. The van der Waals surface area contributed by atoms with Gasteiger partial charge in [0.1, 0.15) is 24.2 Å². The van der Waals surface area contributed by atoms with Crippen LogP contribution in [0.25, 0.3) is 0 Å². The van der Waals surface area contributed by atoms with Gasteiger partial charge in [-0.2, -0.15) is 0 Å². The molecular weight excluding hydrogens is 500 g/mol. The number of rotatable bonds is 6. The molecule has 0 spiro atoms. The summed E-state index contributed by atoms with van der Waals surface area (Å²) in [5.74, 6) is 2.33. The fraction of sp³-hybridized carbons (Fsp3) is 0.441. The third-order valence-corrected chi connectivity index (χ3v) is 7.59. The van der Waals surface area contributed by atoms with Crippen LogP contribution in [0.4, 0.5) is 0 Å². The first-order chi connectivity index (χ1) is 19.4. The number of nitrogens with one attached hydrogen (secondary N) is 1. The van der Waals surface area contributed by atoms with Crippen molar-refractivity contribution in [3.63, 3.8) is 0 Å². The van der Waals surface area contributed by atoms with Gasteiger partial charge in [0.2, 0.25) is 0 Å². The zero-order valence-electron chi connectivity index (χ0n) is 24.1. The molecule has 3 aromatic rings. The van der Waals surface area contributed by atoms with Gasteiger partial charge < -0.3 is 19.5 Å². The number of carbonyl (C=O) groups is 1. The van der Waals surface area contributed by atoms with Gasteiger partial charge in [-0.05, 0) is 77.9 Å².